The lowest BCUT2D eigenvalue weighted by atomic mass is 10.2. The molecule has 0 amide bonds. The van der Waals surface area contributed by atoms with Crippen LogP contribution in [-0.4, -0.2) is 21.8 Å². The zero-order valence-corrected chi connectivity index (χ0v) is 12.3. The monoisotopic (exact) mass is 305 g/mol. The second kappa shape index (κ2) is 5.56. The van der Waals surface area contributed by atoms with Crippen molar-refractivity contribution in [2.45, 2.75) is 6.92 Å². The van der Waals surface area contributed by atoms with Crippen LogP contribution in [-0.2, 0) is 0 Å². The van der Waals surface area contributed by atoms with Crippen molar-refractivity contribution >= 4 is 23.6 Å². The quantitative estimate of drug-likeness (QED) is 0.740. The molecule has 20 heavy (non-hydrogen) atoms. The van der Waals surface area contributed by atoms with Gasteiger partial charge >= 0.3 is 0 Å². The normalized spacial score (nSPS) is 10.7. The number of ether oxygens (including phenoxy) is 1. The molecule has 0 fully saturated rings. The molecule has 2 heterocycles. The van der Waals surface area contributed by atoms with Crippen LogP contribution in [0.3, 0.4) is 0 Å². The number of H-pyrrole nitrogens is 1. The highest BCUT2D eigenvalue weighted by Crippen LogP contribution is 2.35. The molecule has 1 aromatic carbocycles. The van der Waals surface area contributed by atoms with Crippen molar-refractivity contribution in [3.05, 3.63) is 35.3 Å². The summed E-state index contributed by atoms with van der Waals surface area (Å²) in [4.78, 5) is 5.48. The van der Waals surface area contributed by atoms with Gasteiger partial charge in [0, 0.05) is 0 Å². The third-order valence-corrected chi connectivity index (χ3v) is 3.77. The van der Waals surface area contributed by atoms with Gasteiger partial charge in [0.25, 0.3) is 10.7 Å². The lowest BCUT2D eigenvalue weighted by Gasteiger charge is -2.06. The Balaban J connectivity index is 2.00. The fourth-order valence-electron chi connectivity index (χ4n) is 1.76. The van der Waals surface area contributed by atoms with Gasteiger partial charge in [-0.1, -0.05) is 12.1 Å². The van der Waals surface area contributed by atoms with E-state index in [1.165, 1.54) is 11.3 Å². The molecule has 0 unspecified atom stereocenters. The molecular formula is C13H11N3O2S2. The van der Waals surface area contributed by atoms with Gasteiger partial charge in [0.05, 0.1) is 18.4 Å². The highest BCUT2D eigenvalue weighted by Gasteiger charge is 2.13. The van der Waals surface area contributed by atoms with E-state index in [0.29, 0.717) is 12.5 Å². The molecule has 2 aromatic heterocycles. The van der Waals surface area contributed by atoms with E-state index in [4.69, 9.17) is 21.4 Å². The van der Waals surface area contributed by atoms with Gasteiger partial charge in [-0.05, 0) is 31.3 Å². The summed E-state index contributed by atoms with van der Waals surface area (Å²) < 4.78 is 10.9. The summed E-state index contributed by atoms with van der Waals surface area (Å²) in [5, 5.41) is 7.45. The second-order valence-electron chi connectivity index (χ2n) is 3.88. The Kier molecular flexibility index (Phi) is 3.62. The summed E-state index contributed by atoms with van der Waals surface area (Å²) in [6, 6.07) is 7.81. The predicted octanol–water partition coefficient (Wildman–Crippen LogP) is 3.92. The van der Waals surface area contributed by atoms with E-state index in [0.717, 1.165) is 21.2 Å². The van der Waals surface area contributed by atoms with Crippen LogP contribution in [0.25, 0.3) is 21.3 Å². The first kappa shape index (κ1) is 13.0. The summed E-state index contributed by atoms with van der Waals surface area (Å²) in [7, 11) is 0. The molecule has 3 rings (SSSR count). The third-order valence-electron chi connectivity index (χ3n) is 2.57. The maximum Gasteiger partial charge on any atom is 0.284 e. The number of para-hydroxylation sites is 1. The Bertz CT molecular complexity index is 776. The Hall–Kier alpha value is -1.99. The van der Waals surface area contributed by atoms with Gasteiger partial charge in [-0.3, -0.25) is 0 Å². The van der Waals surface area contributed by atoms with Crippen molar-refractivity contribution in [3.63, 3.8) is 0 Å². The van der Waals surface area contributed by atoms with Gasteiger partial charge in [-0.2, -0.15) is 0 Å². The number of thiazole rings is 1. The molecule has 0 saturated carbocycles. The minimum Gasteiger partial charge on any atom is -0.493 e. The average Bonchev–Trinajstić information content (AvgIpc) is 3.08. The molecule has 102 valence electrons. The van der Waals surface area contributed by atoms with E-state index in [2.05, 4.69) is 15.2 Å². The van der Waals surface area contributed by atoms with Gasteiger partial charge in [-0.15, -0.1) is 16.4 Å². The van der Waals surface area contributed by atoms with Crippen LogP contribution in [0, 0.1) is 4.84 Å². The van der Waals surface area contributed by atoms with Gasteiger partial charge in [0.15, 0.2) is 0 Å². The fourth-order valence-corrected chi connectivity index (χ4v) is 2.75. The lowest BCUT2D eigenvalue weighted by Crippen LogP contribution is -1.93. The number of nitrogens with zero attached hydrogens (tertiary/aromatic N) is 2. The summed E-state index contributed by atoms with van der Waals surface area (Å²) in [6.07, 6.45) is 1.72. The second-order valence-corrected chi connectivity index (χ2v) is 5.28. The summed E-state index contributed by atoms with van der Waals surface area (Å²) in [6.45, 7) is 2.57. The van der Waals surface area contributed by atoms with Crippen molar-refractivity contribution in [2.75, 3.05) is 6.61 Å². The van der Waals surface area contributed by atoms with Gasteiger partial charge in [0.2, 0.25) is 0 Å². The summed E-state index contributed by atoms with van der Waals surface area (Å²) in [5.74, 6) is 1.27. The van der Waals surface area contributed by atoms with E-state index in [1.54, 1.807) is 6.20 Å². The first-order chi connectivity index (χ1) is 9.78. The van der Waals surface area contributed by atoms with Gasteiger partial charge < -0.3 is 9.15 Å². The largest absolute Gasteiger partial charge is 0.493 e. The first-order valence-electron chi connectivity index (χ1n) is 6.02. The number of nitrogens with one attached hydrogen (secondary N) is 1. The van der Waals surface area contributed by atoms with E-state index < -0.39 is 0 Å². The molecule has 0 aliphatic rings. The highest BCUT2D eigenvalue weighted by molar-refractivity contribution is 7.71. The van der Waals surface area contributed by atoms with Crippen molar-refractivity contribution in [1.82, 2.24) is 15.2 Å². The van der Waals surface area contributed by atoms with E-state index in [-0.39, 0.29) is 4.84 Å². The smallest absolute Gasteiger partial charge is 0.284 e. The van der Waals surface area contributed by atoms with Crippen molar-refractivity contribution in [1.29, 1.82) is 0 Å². The fraction of sp³-hybridized carbons (Fsp3) is 0.154. The van der Waals surface area contributed by atoms with Crippen LogP contribution in [0.1, 0.15) is 6.92 Å². The predicted molar refractivity (Wildman–Crippen MR) is 79.4 cm³/mol. The van der Waals surface area contributed by atoms with Crippen molar-refractivity contribution < 1.29 is 9.15 Å². The molecule has 0 spiro atoms. The van der Waals surface area contributed by atoms with E-state index in [9.17, 15) is 0 Å². The van der Waals surface area contributed by atoms with Crippen LogP contribution >= 0.6 is 23.6 Å². The van der Waals surface area contributed by atoms with Gasteiger partial charge in [-0.25, -0.2) is 10.1 Å². The molecule has 5 nitrogen and oxygen atoms in total. The molecule has 0 radical (unpaired) electrons. The molecule has 0 atom stereocenters. The molecule has 0 saturated heterocycles. The lowest BCUT2D eigenvalue weighted by molar-refractivity contribution is 0.341. The molecular weight excluding hydrogens is 294 g/mol. The summed E-state index contributed by atoms with van der Waals surface area (Å²) >= 11 is 6.35. The Morgan fingerprint density at radius 1 is 1.40 bits per heavy atom. The Labute approximate surface area is 124 Å². The SMILES string of the molecule is CCOc1ccccc1-c1ncc(-c2n[nH]c(=S)o2)s1. The number of benzene rings is 1. The van der Waals surface area contributed by atoms with Gasteiger partial charge in [0.1, 0.15) is 15.6 Å². The topological polar surface area (TPSA) is 63.9 Å². The highest BCUT2D eigenvalue weighted by atomic mass is 32.1. The van der Waals surface area contributed by atoms with Crippen LogP contribution in [0.15, 0.2) is 34.9 Å². The minimum atomic E-state index is 0.254. The number of aromatic amines is 1. The van der Waals surface area contributed by atoms with Crippen molar-refractivity contribution in [2.24, 2.45) is 0 Å². The average molecular weight is 305 g/mol. The number of hydrogen-bond acceptors (Lipinski definition) is 6. The Morgan fingerprint density at radius 2 is 2.25 bits per heavy atom. The minimum absolute atomic E-state index is 0.254. The zero-order chi connectivity index (χ0) is 13.9. The molecule has 7 heteroatoms. The molecule has 0 aliphatic heterocycles. The number of hydrogen-bond donors (Lipinski definition) is 1. The van der Waals surface area contributed by atoms with Crippen LogP contribution in [0.4, 0.5) is 0 Å². The first-order valence-corrected chi connectivity index (χ1v) is 7.24. The van der Waals surface area contributed by atoms with Crippen LogP contribution in [0.2, 0.25) is 0 Å². The maximum absolute atomic E-state index is 5.62. The van der Waals surface area contributed by atoms with E-state index in [1.807, 2.05) is 31.2 Å². The maximum atomic E-state index is 5.62. The number of rotatable bonds is 4. The standard InChI is InChI=1S/C13H11N3O2S2/c1-2-17-9-6-4-3-5-8(9)12-14-7-10(20-12)11-15-16-13(19)18-11/h3-7H,2H2,1H3,(H,16,19). The van der Waals surface area contributed by atoms with E-state index >= 15 is 0 Å². The third kappa shape index (κ3) is 2.50. The molecule has 1 N–H and O–H groups in total. The van der Waals surface area contributed by atoms with Crippen LogP contribution in [0.5, 0.6) is 5.75 Å². The Morgan fingerprint density at radius 3 is 3.00 bits per heavy atom. The number of aromatic nitrogens is 3. The zero-order valence-electron chi connectivity index (χ0n) is 10.6. The summed E-state index contributed by atoms with van der Waals surface area (Å²) in [5.41, 5.74) is 0.958. The molecule has 0 aliphatic carbocycles. The van der Waals surface area contributed by atoms with Crippen LogP contribution < -0.4 is 4.74 Å². The molecule has 0 bridgehead atoms. The molecule has 3 aromatic rings. The van der Waals surface area contributed by atoms with Crippen molar-refractivity contribution in [3.8, 4) is 27.1 Å².